The van der Waals surface area contributed by atoms with Crippen molar-refractivity contribution in [3.8, 4) is 5.75 Å². The number of likely N-dealkylation sites (N-methyl/N-ethyl adjacent to an activating group) is 1. The highest BCUT2D eigenvalue weighted by Crippen LogP contribution is 2.29. The molecule has 1 unspecified atom stereocenters. The highest BCUT2D eigenvalue weighted by molar-refractivity contribution is 9.10. The summed E-state index contributed by atoms with van der Waals surface area (Å²) in [6, 6.07) is 4.08. The minimum Gasteiger partial charge on any atom is -0.480 e. The van der Waals surface area contributed by atoms with E-state index in [0.29, 0.717) is 10.2 Å². The van der Waals surface area contributed by atoms with E-state index in [4.69, 9.17) is 15.4 Å². The van der Waals surface area contributed by atoms with Crippen molar-refractivity contribution < 1.29 is 17.9 Å². The average Bonchev–Trinajstić information content (AvgIpc) is 2.29. The summed E-state index contributed by atoms with van der Waals surface area (Å²) in [5, 5.41) is 0. The van der Waals surface area contributed by atoms with Crippen LogP contribution in [0.4, 0.5) is 0 Å². The fraction of sp³-hybridized carbons (Fsp3) is 0.364. The summed E-state index contributed by atoms with van der Waals surface area (Å²) in [7, 11) is 4.69. The van der Waals surface area contributed by atoms with Crippen molar-refractivity contribution in [2.75, 3.05) is 14.1 Å². The Morgan fingerprint density at radius 2 is 2.00 bits per heavy atom. The Bertz CT molecular complexity index is 588. The number of carbonyl (C=O) groups excluding carboxylic acids is 1. The first kappa shape index (κ1) is 16.3. The molecule has 0 heterocycles. The average molecular weight is 371 g/mol. The van der Waals surface area contributed by atoms with Crippen LogP contribution in [0.15, 0.2) is 27.6 Å². The summed E-state index contributed by atoms with van der Waals surface area (Å²) >= 11 is 3.18. The molecule has 8 heteroatoms. The summed E-state index contributed by atoms with van der Waals surface area (Å²) in [5.41, 5.74) is 0. The fourth-order valence-electron chi connectivity index (χ4n) is 1.33. The molecule has 0 aliphatic heterocycles. The Morgan fingerprint density at radius 3 is 2.42 bits per heavy atom. The fourth-order valence-corrected chi connectivity index (χ4v) is 2.73. The number of benzene rings is 1. The number of nitrogens with zero attached hydrogens (tertiary/aromatic N) is 1. The number of rotatable bonds is 4. The zero-order valence-corrected chi connectivity index (χ0v) is 13.7. The van der Waals surface area contributed by atoms with Crippen LogP contribution >= 0.6 is 26.6 Å². The third kappa shape index (κ3) is 4.36. The third-order valence-corrected chi connectivity index (χ3v) is 4.25. The van der Waals surface area contributed by atoms with Gasteiger partial charge in [-0.1, -0.05) is 0 Å². The topological polar surface area (TPSA) is 63.7 Å². The largest absolute Gasteiger partial charge is 0.480 e. The first-order valence-electron chi connectivity index (χ1n) is 5.25. The van der Waals surface area contributed by atoms with Crippen LogP contribution in [0.5, 0.6) is 5.75 Å². The van der Waals surface area contributed by atoms with Crippen LogP contribution in [0, 0.1) is 0 Å². The van der Waals surface area contributed by atoms with Crippen LogP contribution in [0.25, 0.3) is 0 Å². The van der Waals surface area contributed by atoms with Gasteiger partial charge in [0.15, 0.2) is 6.10 Å². The van der Waals surface area contributed by atoms with Crippen LogP contribution in [0.1, 0.15) is 6.92 Å². The maximum atomic E-state index is 11.7. The molecule has 0 saturated carbocycles. The molecule has 0 saturated heterocycles. The molecular weight excluding hydrogens is 358 g/mol. The highest BCUT2D eigenvalue weighted by Gasteiger charge is 2.19. The van der Waals surface area contributed by atoms with Crippen LogP contribution < -0.4 is 4.74 Å². The van der Waals surface area contributed by atoms with Gasteiger partial charge in [0.1, 0.15) is 5.75 Å². The number of hydrogen-bond acceptors (Lipinski definition) is 4. The molecule has 19 heavy (non-hydrogen) atoms. The first-order chi connectivity index (χ1) is 8.62. The molecule has 1 aromatic rings. The minimum atomic E-state index is -3.79. The Morgan fingerprint density at radius 1 is 1.42 bits per heavy atom. The predicted molar refractivity (Wildman–Crippen MR) is 76.0 cm³/mol. The minimum absolute atomic E-state index is 0.0417. The lowest BCUT2D eigenvalue weighted by atomic mass is 10.3. The maximum Gasteiger partial charge on any atom is 0.262 e. The van der Waals surface area contributed by atoms with E-state index in [1.807, 2.05) is 0 Å². The predicted octanol–water partition coefficient (Wildman–Crippen LogP) is 2.23. The lowest BCUT2D eigenvalue weighted by Crippen LogP contribution is -2.35. The van der Waals surface area contributed by atoms with E-state index in [1.165, 1.54) is 23.1 Å². The lowest BCUT2D eigenvalue weighted by Gasteiger charge is -2.19. The smallest absolute Gasteiger partial charge is 0.262 e. The summed E-state index contributed by atoms with van der Waals surface area (Å²) in [6.07, 6.45) is -0.676. The van der Waals surface area contributed by atoms with Crippen molar-refractivity contribution >= 4 is 41.6 Å². The lowest BCUT2D eigenvalue weighted by molar-refractivity contribution is -0.135. The Labute approximate surface area is 125 Å². The van der Waals surface area contributed by atoms with Gasteiger partial charge in [-0.2, -0.15) is 0 Å². The highest BCUT2D eigenvalue weighted by atomic mass is 79.9. The van der Waals surface area contributed by atoms with Crippen molar-refractivity contribution in [3.05, 3.63) is 22.7 Å². The van der Waals surface area contributed by atoms with Gasteiger partial charge in [-0.05, 0) is 41.1 Å². The molecule has 1 rings (SSSR count). The number of amides is 1. The van der Waals surface area contributed by atoms with Gasteiger partial charge in [0.05, 0.1) is 9.37 Å². The molecule has 0 aliphatic rings. The number of halogens is 2. The molecule has 0 radical (unpaired) electrons. The van der Waals surface area contributed by atoms with Crippen LogP contribution in [0.2, 0.25) is 0 Å². The van der Waals surface area contributed by atoms with Crippen LogP contribution in [-0.2, 0) is 13.8 Å². The van der Waals surface area contributed by atoms with E-state index in [9.17, 15) is 13.2 Å². The second-order valence-corrected chi connectivity index (χ2v) is 7.44. The second kappa shape index (κ2) is 6.11. The molecule has 0 bridgehead atoms. The normalized spacial score (nSPS) is 12.9. The van der Waals surface area contributed by atoms with E-state index in [2.05, 4.69) is 15.9 Å². The monoisotopic (exact) mass is 369 g/mol. The van der Waals surface area contributed by atoms with Gasteiger partial charge in [0.2, 0.25) is 0 Å². The molecule has 0 aliphatic carbocycles. The van der Waals surface area contributed by atoms with E-state index in [0.717, 1.165) is 0 Å². The van der Waals surface area contributed by atoms with Gasteiger partial charge in [-0.25, -0.2) is 8.42 Å². The van der Waals surface area contributed by atoms with Gasteiger partial charge in [-0.15, -0.1) is 0 Å². The molecule has 0 N–H and O–H groups in total. The Kier molecular flexibility index (Phi) is 5.23. The SMILES string of the molecule is CC(Oc1ccc(S(=O)(=O)Cl)cc1Br)C(=O)N(C)C. The number of hydrogen-bond donors (Lipinski definition) is 0. The van der Waals surface area contributed by atoms with Crippen molar-refractivity contribution in [2.24, 2.45) is 0 Å². The Balaban J connectivity index is 2.96. The van der Waals surface area contributed by atoms with Crippen LogP contribution in [0.3, 0.4) is 0 Å². The molecule has 1 amide bonds. The summed E-state index contributed by atoms with van der Waals surface area (Å²) in [4.78, 5) is 13.0. The Hall–Kier alpha value is -0.790. The van der Waals surface area contributed by atoms with Gasteiger partial charge >= 0.3 is 0 Å². The molecule has 5 nitrogen and oxygen atoms in total. The van der Waals surface area contributed by atoms with E-state index in [1.54, 1.807) is 21.0 Å². The van der Waals surface area contributed by atoms with Crippen molar-refractivity contribution in [2.45, 2.75) is 17.9 Å². The zero-order valence-electron chi connectivity index (χ0n) is 10.6. The number of carbonyl (C=O) groups is 1. The molecule has 1 atom stereocenters. The van der Waals surface area contributed by atoms with E-state index >= 15 is 0 Å². The maximum absolute atomic E-state index is 11.7. The van der Waals surface area contributed by atoms with E-state index < -0.39 is 15.2 Å². The quantitative estimate of drug-likeness (QED) is 0.763. The van der Waals surface area contributed by atoms with Crippen molar-refractivity contribution in [1.82, 2.24) is 4.90 Å². The third-order valence-electron chi connectivity index (χ3n) is 2.28. The summed E-state index contributed by atoms with van der Waals surface area (Å²) < 4.78 is 28.2. The van der Waals surface area contributed by atoms with E-state index in [-0.39, 0.29) is 10.8 Å². The molecule has 106 valence electrons. The van der Waals surface area contributed by atoms with Crippen LogP contribution in [-0.4, -0.2) is 39.4 Å². The summed E-state index contributed by atoms with van der Waals surface area (Å²) in [6.45, 7) is 1.61. The van der Waals surface area contributed by atoms with Gasteiger partial charge in [0, 0.05) is 24.8 Å². The zero-order chi connectivity index (χ0) is 14.8. The molecular formula is C11H13BrClNO4S. The molecule has 0 fully saturated rings. The standard InChI is InChI=1S/C11H13BrClNO4S/c1-7(11(15)14(2)3)18-10-5-4-8(6-9(10)12)19(13,16)17/h4-7H,1-3H3. The molecule has 0 spiro atoms. The van der Waals surface area contributed by atoms with Gasteiger partial charge in [0.25, 0.3) is 15.0 Å². The van der Waals surface area contributed by atoms with Crippen molar-refractivity contribution in [3.63, 3.8) is 0 Å². The second-order valence-electron chi connectivity index (χ2n) is 4.02. The van der Waals surface area contributed by atoms with Gasteiger partial charge < -0.3 is 9.64 Å². The number of ether oxygens (including phenoxy) is 1. The van der Waals surface area contributed by atoms with Crippen molar-refractivity contribution in [1.29, 1.82) is 0 Å². The molecule has 0 aromatic heterocycles. The molecule has 1 aromatic carbocycles. The van der Waals surface area contributed by atoms with Gasteiger partial charge in [-0.3, -0.25) is 4.79 Å². The summed E-state index contributed by atoms with van der Waals surface area (Å²) in [5.74, 6) is 0.174. The first-order valence-corrected chi connectivity index (χ1v) is 8.35.